The molecule has 2 amide bonds. The maximum absolute atomic E-state index is 11.7. The summed E-state index contributed by atoms with van der Waals surface area (Å²) in [7, 11) is 0. The zero-order chi connectivity index (χ0) is 16.7. The van der Waals surface area contributed by atoms with E-state index in [4.69, 9.17) is 0 Å². The summed E-state index contributed by atoms with van der Waals surface area (Å²) >= 11 is 0. The number of hydrogen-bond donors (Lipinski definition) is 3. The van der Waals surface area contributed by atoms with E-state index < -0.39 is 5.91 Å². The van der Waals surface area contributed by atoms with E-state index in [1.165, 1.54) is 19.1 Å². The van der Waals surface area contributed by atoms with Gasteiger partial charge in [-0.1, -0.05) is 11.8 Å². The van der Waals surface area contributed by atoms with Gasteiger partial charge in [0.05, 0.1) is 6.54 Å². The van der Waals surface area contributed by atoms with Gasteiger partial charge in [-0.05, 0) is 30.3 Å². The Morgan fingerprint density at radius 1 is 1.17 bits per heavy atom. The van der Waals surface area contributed by atoms with Gasteiger partial charge in [0.1, 0.15) is 5.69 Å². The van der Waals surface area contributed by atoms with Gasteiger partial charge < -0.3 is 10.6 Å². The summed E-state index contributed by atoms with van der Waals surface area (Å²) < 4.78 is 0. The summed E-state index contributed by atoms with van der Waals surface area (Å²) in [6.45, 7) is 1.58. The maximum Gasteiger partial charge on any atom is 0.272 e. The molecule has 1 aromatic carbocycles. The number of benzene rings is 1. The Bertz CT molecular complexity index is 808. The minimum atomic E-state index is -0.420. The van der Waals surface area contributed by atoms with Gasteiger partial charge in [0.25, 0.3) is 11.5 Å². The van der Waals surface area contributed by atoms with Crippen molar-refractivity contribution in [2.75, 3.05) is 11.9 Å². The lowest BCUT2D eigenvalue weighted by molar-refractivity contribution is -0.114. The molecule has 0 fully saturated rings. The predicted molar refractivity (Wildman–Crippen MR) is 84.8 cm³/mol. The van der Waals surface area contributed by atoms with E-state index in [1.54, 1.807) is 24.3 Å². The maximum atomic E-state index is 11.7. The average molecular weight is 310 g/mol. The van der Waals surface area contributed by atoms with Gasteiger partial charge >= 0.3 is 0 Å². The lowest BCUT2D eigenvalue weighted by Crippen LogP contribution is -2.26. The Balaban J connectivity index is 1.88. The fourth-order valence-electron chi connectivity index (χ4n) is 1.67. The fraction of sp³-hybridized carbons (Fsp3) is 0.125. The molecule has 1 aromatic heterocycles. The molecule has 0 atom stereocenters. The molecule has 0 radical (unpaired) electrons. The Hall–Kier alpha value is -3.40. The lowest BCUT2D eigenvalue weighted by Gasteiger charge is -2.01. The number of carbonyl (C=O) groups excluding carboxylic acids is 2. The highest BCUT2D eigenvalue weighted by Gasteiger charge is 2.04. The zero-order valence-corrected chi connectivity index (χ0v) is 12.3. The Labute approximate surface area is 132 Å². The molecule has 7 heteroatoms. The quantitative estimate of drug-likeness (QED) is 0.718. The van der Waals surface area contributed by atoms with E-state index in [1.807, 2.05) is 0 Å². The third-order valence-electron chi connectivity index (χ3n) is 2.69. The molecule has 0 aliphatic heterocycles. The fourth-order valence-corrected chi connectivity index (χ4v) is 1.67. The van der Waals surface area contributed by atoms with Crippen LogP contribution in [0.15, 0.2) is 41.2 Å². The summed E-state index contributed by atoms with van der Waals surface area (Å²) in [5.41, 5.74) is 1.20. The number of rotatable bonds is 3. The molecule has 0 spiro atoms. The Morgan fingerprint density at radius 2 is 1.91 bits per heavy atom. The summed E-state index contributed by atoms with van der Waals surface area (Å²) in [6.07, 6.45) is 0. The van der Waals surface area contributed by atoms with Crippen molar-refractivity contribution in [2.24, 2.45) is 0 Å². The number of hydrogen-bond acceptors (Lipinski definition) is 4. The number of amides is 2. The largest absolute Gasteiger partial charge is 0.340 e. The van der Waals surface area contributed by atoms with Gasteiger partial charge in [0.15, 0.2) is 0 Å². The molecular formula is C16H14N4O3. The second kappa shape index (κ2) is 7.56. The van der Waals surface area contributed by atoms with E-state index in [0.717, 1.165) is 5.56 Å². The standard InChI is InChI=1S/C16H14N4O3/c1-11(21)18-13-6-4-12(5-7-13)3-2-10-17-16(23)14-8-9-15(22)20-19-14/h4-9H,10H2,1H3,(H,17,23)(H,18,21)(H,20,22). The van der Waals surface area contributed by atoms with Crippen molar-refractivity contribution in [1.29, 1.82) is 0 Å². The molecule has 116 valence electrons. The van der Waals surface area contributed by atoms with Gasteiger partial charge in [0, 0.05) is 24.2 Å². The Morgan fingerprint density at radius 3 is 2.52 bits per heavy atom. The zero-order valence-electron chi connectivity index (χ0n) is 12.3. The predicted octanol–water partition coefficient (Wildman–Crippen LogP) is 0.510. The summed E-state index contributed by atoms with van der Waals surface area (Å²) in [6, 6.07) is 9.59. The van der Waals surface area contributed by atoms with Crippen LogP contribution in [0.3, 0.4) is 0 Å². The monoisotopic (exact) mass is 310 g/mol. The van der Waals surface area contributed by atoms with Gasteiger partial charge in [-0.25, -0.2) is 5.10 Å². The molecular weight excluding hydrogens is 296 g/mol. The molecule has 0 saturated heterocycles. The molecule has 0 aliphatic carbocycles. The normalized spacial score (nSPS) is 9.43. The van der Waals surface area contributed by atoms with Crippen LogP contribution in [0, 0.1) is 11.8 Å². The van der Waals surface area contributed by atoms with Crippen LogP contribution in [0.25, 0.3) is 0 Å². The average Bonchev–Trinajstić information content (AvgIpc) is 2.53. The number of aromatic amines is 1. The van der Waals surface area contributed by atoms with Crippen molar-refractivity contribution in [2.45, 2.75) is 6.92 Å². The van der Waals surface area contributed by atoms with Crippen LogP contribution in [-0.4, -0.2) is 28.6 Å². The first kappa shape index (κ1) is 16.0. The second-order valence-electron chi connectivity index (χ2n) is 4.55. The van der Waals surface area contributed by atoms with Crippen molar-refractivity contribution in [3.8, 4) is 11.8 Å². The van der Waals surface area contributed by atoms with Crippen LogP contribution in [0.1, 0.15) is 23.0 Å². The number of aromatic nitrogens is 2. The highest BCUT2D eigenvalue weighted by molar-refractivity contribution is 5.92. The van der Waals surface area contributed by atoms with Crippen LogP contribution in [0.5, 0.6) is 0 Å². The van der Waals surface area contributed by atoms with Crippen molar-refractivity contribution >= 4 is 17.5 Å². The molecule has 2 aromatic rings. The van der Waals surface area contributed by atoms with Crippen LogP contribution in [0.2, 0.25) is 0 Å². The minimum absolute atomic E-state index is 0.117. The molecule has 0 aliphatic rings. The Kier molecular flexibility index (Phi) is 5.25. The number of anilines is 1. The number of H-pyrrole nitrogens is 1. The summed E-state index contributed by atoms with van der Waals surface area (Å²) in [4.78, 5) is 33.5. The van der Waals surface area contributed by atoms with Crippen molar-refractivity contribution in [3.63, 3.8) is 0 Å². The third kappa shape index (κ3) is 5.13. The van der Waals surface area contributed by atoms with Crippen LogP contribution in [0.4, 0.5) is 5.69 Å². The second-order valence-corrected chi connectivity index (χ2v) is 4.55. The van der Waals surface area contributed by atoms with Crippen molar-refractivity contribution in [3.05, 3.63) is 58.0 Å². The SMILES string of the molecule is CC(=O)Nc1ccc(C#CCNC(=O)c2ccc(=O)[nH]n2)cc1. The van der Waals surface area contributed by atoms with E-state index in [2.05, 4.69) is 32.7 Å². The molecule has 23 heavy (non-hydrogen) atoms. The highest BCUT2D eigenvalue weighted by atomic mass is 16.2. The minimum Gasteiger partial charge on any atom is -0.340 e. The third-order valence-corrected chi connectivity index (χ3v) is 2.69. The highest BCUT2D eigenvalue weighted by Crippen LogP contribution is 2.08. The van der Waals surface area contributed by atoms with Crippen LogP contribution >= 0.6 is 0 Å². The molecule has 0 unspecified atom stereocenters. The molecule has 0 bridgehead atoms. The van der Waals surface area contributed by atoms with E-state index in [9.17, 15) is 14.4 Å². The van der Waals surface area contributed by atoms with Crippen LogP contribution in [-0.2, 0) is 4.79 Å². The topological polar surface area (TPSA) is 104 Å². The molecule has 3 N–H and O–H groups in total. The number of nitrogens with zero attached hydrogens (tertiary/aromatic N) is 1. The smallest absolute Gasteiger partial charge is 0.272 e. The molecule has 2 rings (SSSR count). The van der Waals surface area contributed by atoms with Gasteiger partial charge in [0.2, 0.25) is 5.91 Å². The van der Waals surface area contributed by atoms with E-state index in [-0.39, 0.29) is 23.7 Å². The molecule has 7 nitrogen and oxygen atoms in total. The van der Waals surface area contributed by atoms with E-state index in [0.29, 0.717) is 5.69 Å². The van der Waals surface area contributed by atoms with Crippen LogP contribution < -0.4 is 16.2 Å². The first-order valence-electron chi connectivity index (χ1n) is 6.75. The number of nitrogens with one attached hydrogen (secondary N) is 3. The molecule has 1 heterocycles. The van der Waals surface area contributed by atoms with E-state index >= 15 is 0 Å². The van der Waals surface area contributed by atoms with Gasteiger partial charge in [-0.3, -0.25) is 14.4 Å². The summed E-state index contributed by atoms with van der Waals surface area (Å²) in [5.74, 6) is 5.13. The van der Waals surface area contributed by atoms with Gasteiger partial charge in [-0.2, -0.15) is 5.10 Å². The first-order chi connectivity index (χ1) is 11.0. The van der Waals surface area contributed by atoms with Gasteiger partial charge in [-0.15, -0.1) is 0 Å². The molecule has 0 saturated carbocycles. The number of carbonyl (C=O) groups is 2. The van der Waals surface area contributed by atoms with Crippen molar-refractivity contribution < 1.29 is 9.59 Å². The lowest BCUT2D eigenvalue weighted by atomic mass is 10.2. The van der Waals surface area contributed by atoms with Crippen molar-refractivity contribution in [1.82, 2.24) is 15.5 Å². The summed E-state index contributed by atoms with van der Waals surface area (Å²) in [5, 5.41) is 11.0. The first-order valence-corrected chi connectivity index (χ1v) is 6.75.